The summed E-state index contributed by atoms with van der Waals surface area (Å²) in [6.45, 7) is 8.45. The molecule has 0 fully saturated rings. The quantitative estimate of drug-likeness (QED) is 0.524. The molecule has 0 aliphatic carbocycles. The van der Waals surface area contributed by atoms with Crippen LogP contribution >= 0.6 is 0 Å². The van der Waals surface area contributed by atoms with Gasteiger partial charge in [-0.15, -0.1) is 0 Å². The van der Waals surface area contributed by atoms with E-state index in [-0.39, 0.29) is 5.75 Å². The molecule has 1 heterocycles. The Morgan fingerprint density at radius 2 is 1.77 bits per heavy atom. The summed E-state index contributed by atoms with van der Waals surface area (Å²) >= 11 is 0. The Bertz CT molecular complexity index is 1130. The second kappa shape index (κ2) is 10.00. The van der Waals surface area contributed by atoms with E-state index < -0.39 is 10.0 Å². The van der Waals surface area contributed by atoms with Crippen LogP contribution in [0.15, 0.2) is 60.9 Å². The van der Waals surface area contributed by atoms with Crippen molar-refractivity contribution in [1.29, 1.82) is 0 Å². The SMILES string of the molecule is CCN(Cc1cccc(-c2cc(Nc3cccc(CS(N)(=O)=O)c3)ncn2)c1)C(C)C. The second-order valence-electron chi connectivity index (χ2n) is 7.78. The molecule has 0 saturated heterocycles. The van der Waals surface area contributed by atoms with Crippen LogP contribution in [0.3, 0.4) is 0 Å². The molecule has 8 heteroatoms. The second-order valence-corrected chi connectivity index (χ2v) is 9.39. The number of nitrogens with two attached hydrogens (primary N) is 1. The van der Waals surface area contributed by atoms with Gasteiger partial charge in [0.1, 0.15) is 12.1 Å². The van der Waals surface area contributed by atoms with E-state index in [2.05, 4.69) is 53.1 Å². The molecule has 7 nitrogen and oxygen atoms in total. The van der Waals surface area contributed by atoms with Crippen molar-refractivity contribution in [3.8, 4) is 11.3 Å². The van der Waals surface area contributed by atoms with Crippen molar-refractivity contribution in [2.75, 3.05) is 11.9 Å². The van der Waals surface area contributed by atoms with Crippen LogP contribution in [0.25, 0.3) is 11.3 Å². The maximum absolute atomic E-state index is 11.4. The first-order chi connectivity index (χ1) is 14.7. The minimum Gasteiger partial charge on any atom is -0.340 e. The molecule has 0 atom stereocenters. The first kappa shape index (κ1) is 22.9. The number of rotatable bonds is 9. The summed E-state index contributed by atoms with van der Waals surface area (Å²) in [7, 11) is -3.59. The van der Waals surface area contributed by atoms with Crippen molar-refractivity contribution in [3.05, 3.63) is 72.1 Å². The van der Waals surface area contributed by atoms with Gasteiger partial charge in [0, 0.05) is 29.9 Å². The van der Waals surface area contributed by atoms with E-state index in [9.17, 15) is 8.42 Å². The summed E-state index contributed by atoms with van der Waals surface area (Å²) in [4.78, 5) is 11.1. The number of primary sulfonamides is 1. The van der Waals surface area contributed by atoms with Crippen LogP contribution < -0.4 is 10.5 Å². The molecule has 3 rings (SSSR count). The van der Waals surface area contributed by atoms with Crippen molar-refractivity contribution < 1.29 is 8.42 Å². The van der Waals surface area contributed by atoms with Crippen LogP contribution in [-0.4, -0.2) is 35.9 Å². The minimum atomic E-state index is -3.59. The number of aromatic nitrogens is 2. The highest BCUT2D eigenvalue weighted by atomic mass is 32.2. The van der Waals surface area contributed by atoms with E-state index in [4.69, 9.17) is 5.14 Å². The van der Waals surface area contributed by atoms with Crippen molar-refractivity contribution in [2.45, 2.75) is 39.1 Å². The average molecular weight is 440 g/mol. The van der Waals surface area contributed by atoms with Gasteiger partial charge in [0.15, 0.2) is 0 Å². The maximum Gasteiger partial charge on any atom is 0.213 e. The van der Waals surface area contributed by atoms with Gasteiger partial charge >= 0.3 is 0 Å². The van der Waals surface area contributed by atoms with Crippen molar-refractivity contribution >= 4 is 21.5 Å². The summed E-state index contributed by atoms with van der Waals surface area (Å²) < 4.78 is 22.7. The molecule has 0 radical (unpaired) electrons. The Morgan fingerprint density at radius 3 is 2.48 bits per heavy atom. The lowest BCUT2D eigenvalue weighted by atomic mass is 10.1. The topological polar surface area (TPSA) is 101 Å². The van der Waals surface area contributed by atoms with Gasteiger partial charge in [-0.3, -0.25) is 4.90 Å². The zero-order chi connectivity index (χ0) is 22.4. The van der Waals surface area contributed by atoms with Crippen LogP contribution in [0, 0.1) is 0 Å². The molecular formula is C23H29N5O2S. The maximum atomic E-state index is 11.4. The van der Waals surface area contributed by atoms with Gasteiger partial charge in [0.05, 0.1) is 11.4 Å². The van der Waals surface area contributed by atoms with Crippen LogP contribution in [-0.2, 0) is 22.3 Å². The van der Waals surface area contributed by atoms with Gasteiger partial charge < -0.3 is 5.32 Å². The summed E-state index contributed by atoms with van der Waals surface area (Å²) in [5.74, 6) is 0.413. The molecule has 0 saturated carbocycles. The van der Waals surface area contributed by atoms with E-state index in [1.807, 2.05) is 24.3 Å². The van der Waals surface area contributed by atoms with Crippen LogP contribution in [0.1, 0.15) is 31.9 Å². The zero-order valence-corrected chi connectivity index (χ0v) is 18.9. The molecule has 164 valence electrons. The lowest BCUT2D eigenvalue weighted by molar-refractivity contribution is 0.225. The monoisotopic (exact) mass is 439 g/mol. The normalized spacial score (nSPS) is 11.8. The van der Waals surface area contributed by atoms with E-state index in [1.54, 1.807) is 18.2 Å². The highest BCUT2D eigenvalue weighted by molar-refractivity contribution is 7.88. The Morgan fingerprint density at radius 1 is 1.03 bits per heavy atom. The lowest BCUT2D eigenvalue weighted by Gasteiger charge is -2.24. The van der Waals surface area contributed by atoms with Crippen molar-refractivity contribution in [1.82, 2.24) is 14.9 Å². The molecule has 0 spiro atoms. The van der Waals surface area contributed by atoms with E-state index >= 15 is 0 Å². The standard InChI is InChI=1S/C23H29N5O2S/c1-4-28(17(2)3)14-18-7-5-9-20(11-18)22-13-23(26-16-25-22)27-21-10-6-8-19(12-21)15-31(24,29)30/h5-13,16-17H,4,14-15H2,1-3H3,(H2,24,29,30)(H,25,26,27). The summed E-state index contributed by atoms with van der Waals surface area (Å²) in [6, 6.07) is 17.8. The number of nitrogens with zero attached hydrogens (tertiary/aromatic N) is 3. The number of hydrogen-bond donors (Lipinski definition) is 2. The Balaban J connectivity index is 1.80. The van der Waals surface area contributed by atoms with Gasteiger partial charge in [-0.1, -0.05) is 37.3 Å². The average Bonchev–Trinajstić information content (AvgIpc) is 2.71. The molecule has 1 aromatic heterocycles. The van der Waals surface area contributed by atoms with Gasteiger partial charge in [-0.25, -0.2) is 23.5 Å². The fraction of sp³-hybridized carbons (Fsp3) is 0.304. The Hall–Kier alpha value is -2.81. The van der Waals surface area contributed by atoms with Gasteiger partial charge in [-0.2, -0.15) is 0 Å². The number of sulfonamides is 1. The van der Waals surface area contributed by atoms with Crippen LogP contribution in [0.4, 0.5) is 11.5 Å². The first-order valence-electron chi connectivity index (χ1n) is 10.3. The zero-order valence-electron chi connectivity index (χ0n) is 18.1. The third-order valence-electron chi connectivity index (χ3n) is 4.98. The molecular weight excluding hydrogens is 410 g/mol. The fourth-order valence-corrected chi connectivity index (χ4v) is 4.07. The predicted molar refractivity (Wildman–Crippen MR) is 125 cm³/mol. The highest BCUT2D eigenvalue weighted by Gasteiger charge is 2.10. The molecule has 3 N–H and O–H groups in total. The number of anilines is 2. The lowest BCUT2D eigenvalue weighted by Crippen LogP contribution is -2.29. The van der Waals surface area contributed by atoms with E-state index in [0.717, 1.165) is 30.0 Å². The summed E-state index contributed by atoms with van der Waals surface area (Å²) in [6.07, 6.45) is 1.52. The van der Waals surface area contributed by atoms with Crippen molar-refractivity contribution in [3.63, 3.8) is 0 Å². The predicted octanol–water partition coefficient (Wildman–Crippen LogP) is 3.91. The number of nitrogens with one attached hydrogen (secondary N) is 1. The molecule has 0 amide bonds. The molecule has 31 heavy (non-hydrogen) atoms. The largest absolute Gasteiger partial charge is 0.340 e. The molecule has 0 aliphatic rings. The number of benzene rings is 2. The Kier molecular flexibility index (Phi) is 7.37. The minimum absolute atomic E-state index is 0.213. The van der Waals surface area contributed by atoms with Gasteiger partial charge in [0.2, 0.25) is 10.0 Å². The van der Waals surface area contributed by atoms with Gasteiger partial charge in [-0.05, 0) is 49.7 Å². The molecule has 2 aromatic carbocycles. The Labute approximate surface area is 184 Å². The molecule has 0 aliphatic heterocycles. The smallest absolute Gasteiger partial charge is 0.213 e. The fourth-order valence-electron chi connectivity index (χ4n) is 3.43. The van der Waals surface area contributed by atoms with E-state index in [1.165, 1.54) is 11.9 Å². The highest BCUT2D eigenvalue weighted by Crippen LogP contribution is 2.23. The van der Waals surface area contributed by atoms with Crippen molar-refractivity contribution in [2.24, 2.45) is 5.14 Å². The van der Waals surface area contributed by atoms with E-state index in [0.29, 0.717) is 17.4 Å². The summed E-state index contributed by atoms with van der Waals surface area (Å²) in [5.41, 5.74) is 4.41. The third-order valence-corrected chi connectivity index (χ3v) is 5.71. The van der Waals surface area contributed by atoms with Crippen LogP contribution in [0.2, 0.25) is 0 Å². The molecule has 0 bridgehead atoms. The number of hydrogen-bond acceptors (Lipinski definition) is 6. The van der Waals surface area contributed by atoms with Crippen LogP contribution in [0.5, 0.6) is 0 Å². The summed E-state index contributed by atoms with van der Waals surface area (Å²) in [5, 5.41) is 8.37. The first-order valence-corrected chi connectivity index (χ1v) is 12.0. The van der Waals surface area contributed by atoms with Gasteiger partial charge in [0.25, 0.3) is 0 Å². The third kappa shape index (κ3) is 6.85. The molecule has 3 aromatic rings. The molecule has 0 unspecified atom stereocenters.